The molecule has 0 radical (unpaired) electrons. The van der Waals surface area contributed by atoms with Crippen molar-refractivity contribution >= 4 is 11.8 Å². The van der Waals surface area contributed by atoms with E-state index in [2.05, 4.69) is 31.2 Å². The third-order valence-electron chi connectivity index (χ3n) is 5.83. The van der Waals surface area contributed by atoms with Gasteiger partial charge in [-0.3, -0.25) is 5.32 Å². The van der Waals surface area contributed by atoms with Gasteiger partial charge < -0.3 is 14.4 Å². The zero-order valence-corrected chi connectivity index (χ0v) is 18.0. The van der Waals surface area contributed by atoms with Crippen molar-refractivity contribution in [3.63, 3.8) is 0 Å². The van der Waals surface area contributed by atoms with Crippen LogP contribution < -0.4 is 10.1 Å². The summed E-state index contributed by atoms with van der Waals surface area (Å²) in [7, 11) is 4.13. The second-order valence-corrected chi connectivity index (χ2v) is 8.14. The minimum atomic E-state index is -0.413. The lowest BCUT2D eigenvalue weighted by Gasteiger charge is -2.35. The van der Waals surface area contributed by atoms with Crippen molar-refractivity contribution in [3.8, 4) is 5.75 Å². The number of ether oxygens (including phenoxy) is 2. The van der Waals surface area contributed by atoms with Gasteiger partial charge in [-0.05, 0) is 45.5 Å². The number of para-hydroxylation sites is 2. The Hall–Kier alpha value is -1.75. The topological polar surface area (TPSA) is 50.8 Å². The molecule has 0 heterocycles. The highest BCUT2D eigenvalue weighted by molar-refractivity contribution is 5.86. The quantitative estimate of drug-likeness (QED) is 0.455. The van der Waals surface area contributed by atoms with Gasteiger partial charge in [0.25, 0.3) is 0 Å². The lowest BCUT2D eigenvalue weighted by Crippen LogP contribution is -2.46. The van der Waals surface area contributed by atoms with Gasteiger partial charge in [0, 0.05) is 0 Å². The van der Waals surface area contributed by atoms with Crippen LogP contribution >= 0.6 is 0 Å². The Morgan fingerprint density at radius 1 is 1.07 bits per heavy atom. The van der Waals surface area contributed by atoms with Crippen molar-refractivity contribution in [2.45, 2.75) is 76.7 Å². The van der Waals surface area contributed by atoms with E-state index in [1.807, 2.05) is 24.3 Å². The van der Waals surface area contributed by atoms with E-state index >= 15 is 0 Å². The minimum Gasteiger partial charge on any atom is -0.491 e. The lowest BCUT2D eigenvalue weighted by atomic mass is 9.97. The first-order valence-corrected chi connectivity index (χ1v) is 10.9. The number of carbonyl (C=O) groups excluding carboxylic acids is 1. The molecule has 0 unspecified atom stereocenters. The first-order chi connectivity index (χ1) is 13.6. The number of hydrogen-bond acceptors (Lipinski definition) is 4. The second-order valence-electron chi connectivity index (χ2n) is 8.14. The van der Waals surface area contributed by atoms with E-state index in [1.165, 1.54) is 44.9 Å². The van der Waals surface area contributed by atoms with Crippen molar-refractivity contribution in [3.05, 3.63) is 24.3 Å². The minimum absolute atomic E-state index is 0.0227. The van der Waals surface area contributed by atoms with Gasteiger partial charge in [-0.2, -0.15) is 0 Å². The third kappa shape index (κ3) is 7.01. The van der Waals surface area contributed by atoms with Crippen LogP contribution in [0, 0.1) is 0 Å². The van der Waals surface area contributed by atoms with Crippen LogP contribution in [-0.2, 0) is 4.74 Å². The molecule has 0 saturated heterocycles. The van der Waals surface area contributed by atoms with Crippen LogP contribution in [0.25, 0.3) is 0 Å². The Balaban J connectivity index is 1.77. The summed E-state index contributed by atoms with van der Waals surface area (Å²) in [5, 5.41) is 2.85. The molecular weight excluding hydrogens is 352 g/mol. The Morgan fingerprint density at radius 2 is 1.75 bits per heavy atom. The molecule has 1 N–H and O–H groups in total. The first-order valence-electron chi connectivity index (χ1n) is 10.9. The molecule has 1 saturated carbocycles. The molecule has 158 valence electrons. The summed E-state index contributed by atoms with van der Waals surface area (Å²) in [5.41, 5.74) is 0.648. The summed E-state index contributed by atoms with van der Waals surface area (Å²) in [6.07, 6.45) is 11.5. The highest BCUT2D eigenvalue weighted by atomic mass is 16.6. The smallest absolute Gasteiger partial charge is 0.411 e. The summed E-state index contributed by atoms with van der Waals surface area (Å²) < 4.78 is 11.5. The summed E-state index contributed by atoms with van der Waals surface area (Å²) >= 11 is 0. The van der Waals surface area contributed by atoms with Gasteiger partial charge >= 0.3 is 6.09 Å². The Kier molecular flexibility index (Phi) is 9.62. The number of hydrogen-bond donors (Lipinski definition) is 1. The molecule has 0 spiro atoms. The zero-order chi connectivity index (χ0) is 20.2. The maximum Gasteiger partial charge on any atom is 0.411 e. The molecule has 0 aromatic heterocycles. The van der Waals surface area contributed by atoms with E-state index in [4.69, 9.17) is 9.47 Å². The molecule has 1 aromatic rings. The van der Waals surface area contributed by atoms with Crippen LogP contribution in [0.3, 0.4) is 0 Å². The van der Waals surface area contributed by atoms with Gasteiger partial charge in [0.15, 0.2) is 0 Å². The monoisotopic (exact) mass is 390 g/mol. The Morgan fingerprint density at radius 3 is 2.46 bits per heavy atom. The van der Waals surface area contributed by atoms with Gasteiger partial charge in [0.05, 0.1) is 17.8 Å². The normalized spacial score (nSPS) is 15.6. The van der Waals surface area contributed by atoms with Crippen LogP contribution in [0.5, 0.6) is 5.75 Å². The van der Waals surface area contributed by atoms with E-state index in [0.29, 0.717) is 24.7 Å². The molecule has 2 rings (SSSR count). The Labute approximate surface area is 170 Å². The molecular formula is C23H38N2O3. The fourth-order valence-electron chi connectivity index (χ4n) is 3.86. The van der Waals surface area contributed by atoms with Crippen LogP contribution in [0.2, 0.25) is 0 Å². The van der Waals surface area contributed by atoms with E-state index in [-0.39, 0.29) is 5.54 Å². The second kappa shape index (κ2) is 11.9. The highest BCUT2D eigenvalue weighted by Gasteiger charge is 2.37. The number of nitrogens with one attached hydrogen (secondary N) is 1. The molecule has 5 nitrogen and oxygen atoms in total. The number of amides is 1. The number of likely N-dealkylation sites (N-methyl/N-ethyl adjacent to an activating group) is 1. The average Bonchev–Trinajstić information content (AvgIpc) is 3.17. The molecule has 1 aliphatic rings. The number of nitrogens with zero attached hydrogens (tertiary/aromatic N) is 1. The van der Waals surface area contributed by atoms with Crippen LogP contribution in [0.15, 0.2) is 24.3 Å². The lowest BCUT2D eigenvalue weighted by molar-refractivity contribution is 0.0578. The fraction of sp³-hybridized carbons (Fsp3) is 0.696. The van der Waals surface area contributed by atoms with Crippen LogP contribution in [0.4, 0.5) is 10.5 Å². The first kappa shape index (κ1) is 22.5. The number of carbonyl (C=O) groups is 1. The molecule has 0 aliphatic heterocycles. The highest BCUT2D eigenvalue weighted by Crippen LogP contribution is 2.34. The number of rotatable bonds is 12. The molecule has 0 atom stereocenters. The van der Waals surface area contributed by atoms with Gasteiger partial charge in [0.2, 0.25) is 0 Å². The average molecular weight is 391 g/mol. The maximum atomic E-state index is 12.4. The van der Waals surface area contributed by atoms with E-state index < -0.39 is 6.09 Å². The predicted octanol–water partition coefficient (Wildman–Crippen LogP) is 5.85. The number of unbranched alkanes of at least 4 members (excludes halogenated alkanes) is 5. The van der Waals surface area contributed by atoms with Crippen LogP contribution in [0.1, 0.15) is 71.1 Å². The van der Waals surface area contributed by atoms with Gasteiger partial charge in [-0.25, -0.2) is 4.79 Å². The fourth-order valence-corrected chi connectivity index (χ4v) is 3.86. The zero-order valence-electron chi connectivity index (χ0n) is 18.0. The Bertz CT molecular complexity index is 583. The number of benzene rings is 1. The molecule has 1 aromatic carbocycles. The number of anilines is 1. The SMILES string of the molecule is CCCCCCCCOc1ccccc1NC(=O)OCC1(N(C)C)CCCC1. The molecule has 1 fully saturated rings. The van der Waals surface area contributed by atoms with Crippen LogP contribution in [-0.4, -0.2) is 43.8 Å². The predicted molar refractivity (Wildman–Crippen MR) is 115 cm³/mol. The third-order valence-corrected chi connectivity index (χ3v) is 5.83. The van der Waals surface area contributed by atoms with Crippen molar-refractivity contribution < 1.29 is 14.3 Å². The van der Waals surface area contributed by atoms with Gasteiger partial charge in [0.1, 0.15) is 12.4 Å². The molecule has 28 heavy (non-hydrogen) atoms. The summed E-state index contributed by atoms with van der Waals surface area (Å²) in [6, 6.07) is 7.57. The summed E-state index contributed by atoms with van der Waals surface area (Å²) in [6.45, 7) is 3.32. The summed E-state index contributed by atoms with van der Waals surface area (Å²) in [5.74, 6) is 0.705. The molecule has 0 bridgehead atoms. The van der Waals surface area contributed by atoms with E-state index in [0.717, 1.165) is 19.3 Å². The van der Waals surface area contributed by atoms with Crippen molar-refractivity contribution in [2.24, 2.45) is 0 Å². The van der Waals surface area contributed by atoms with Gasteiger partial charge in [-0.1, -0.05) is 64.0 Å². The largest absolute Gasteiger partial charge is 0.491 e. The standard InChI is InChI=1S/C23H38N2O3/c1-4-5-6-7-8-13-18-27-21-15-10-9-14-20(21)24-22(26)28-19-23(25(2)3)16-11-12-17-23/h9-10,14-15H,4-8,11-13,16-19H2,1-3H3,(H,24,26). The van der Waals surface area contributed by atoms with Crippen molar-refractivity contribution in [2.75, 3.05) is 32.6 Å². The summed E-state index contributed by atoms with van der Waals surface area (Å²) in [4.78, 5) is 14.6. The van der Waals surface area contributed by atoms with E-state index in [1.54, 1.807) is 0 Å². The molecule has 5 heteroatoms. The van der Waals surface area contributed by atoms with Gasteiger partial charge in [-0.15, -0.1) is 0 Å². The van der Waals surface area contributed by atoms with Crippen molar-refractivity contribution in [1.82, 2.24) is 4.90 Å². The van der Waals surface area contributed by atoms with Crippen molar-refractivity contribution in [1.29, 1.82) is 0 Å². The van der Waals surface area contributed by atoms with E-state index in [9.17, 15) is 4.79 Å². The molecule has 1 amide bonds. The maximum absolute atomic E-state index is 12.4. The molecule has 1 aliphatic carbocycles.